The predicted octanol–water partition coefficient (Wildman–Crippen LogP) is -1.71. The number of carboxylic acid groups (broad SMARTS) is 1. The van der Waals surface area contributed by atoms with E-state index in [0.29, 0.717) is 5.06 Å². The number of nitrogens with zero attached hydrogens (tertiary/aromatic N) is 3. The Bertz CT molecular complexity index is 868. The van der Waals surface area contributed by atoms with E-state index in [1.807, 2.05) is 0 Å². The Kier molecular flexibility index (Phi) is 7.49. The van der Waals surface area contributed by atoms with Gasteiger partial charge in [0.25, 0.3) is 35.4 Å². The summed E-state index contributed by atoms with van der Waals surface area (Å²) in [6.45, 7) is -0.209. The summed E-state index contributed by atoms with van der Waals surface area (Å²) in [5.74, 6) is -4.93. The molecule has 3 rings (SSSR count). The molecular weight excluding hydrogens is 418 g/mol. The van der Waals surface area contributed by atoms with Crippen molar-refractivity contribution < 1.29 is 48.3 Å². The van der Waals surface area contributed by atoms with E-state index in [1.165, 1.54) is 0 Å². The minimum atomic E-state index is -1.03. The lowest BCUT2D eigenvalue weighted by atomic mass is 10.4. The van der Waals surface area contributed by atoms with Gasteiger partial charge in [0.05, 0.1) is 12.8 Å². The third kappa shape index (κ3) is 6.16. The van der Waals surface area contributed by atoms with E-state index in [2.05, 4.69) is 4.84 Å². The fourth-order valence-corrected chi connectivity index (χ4v) is 2.52. The van der Waals surface area contributed by atoms with E-state index < -0.39 is 47.4 Å². The summed E-state index contributed by atoms with van der Waals surface area (Å²) in [6, 6.07) is 0. The summed E-state index contributed by atoms with van der Waals surface area (Å²) < 4.78 is 0. The van der Waals surface area contributed by atoms with Crippen molar-refractivity contribution >= 4 is 47.4 Å². The van der Waals surface area contributed by atoms with Gasteiger partial charge in [0.2, 0.25) is 0 Å². The topological polar surface area (TPSA) is 176 Å². The Morgan fingerprint density at radius 1 is 0.742 bits per heavy atom. The van der Waals surface area contributed by atoms with E-state index >= 15 is 0 Å². The zero-order chi connectivity index (χ0) is 23.1. The molecule has 6 amide bonds. The van der Waals surface area contributed by atoms with Gasteiger partial charge in [-0.3, -0.25) is 43.4 Å². The largest absolute Gasteiger partial charge is 0.481 e. The summed E-state index contributed by atoms with van der Waals surface area (Å²) >= 11 is 0. The second-order valence-corrected chi connectivity index (χ2v) is 6.26. The molecule has 0 aromatic rings. The molecule has 0 aromatic heterocycles. The molecule has 13 nitrogen and oxygen atoms in total. The fourth-order valence-electron chi connectivity index (χ4n) is 2.52. The van der Waals surface area contributed by atoms with Crippen LogP contribution in [0, 0.1) is 0 Å². The molecule has 0 saturated carbocycles. The minimum absolute atomic E-state index is 0.0130. The van der Waals surface area contributed by atoms with Crippen LogP contribution >= 0.6 is 0 Å². The highest BCUT2D eigenvalue weighted by atomic mass is 16.7. The molecule has 0 aromatic carbocycles. The van der Waals surface area contributed by atoms with Crippen molar-refractivity contribution in [3.63, 3.8) is 0 Å². The van der Waals surface area contributed by atoms with Gasteiger partial charge in [-0.15, -0.1) is 5.06 Å². The molecule has 0 atom stereocenters. The molecule has 13 heteroatoms. The first-order chi connectivity index (χ1) is 14.6. The molecule has 31 heavy (non-hydrogen) atoms. The third-order valence-corrected chi connectivity index (χ3v) is 4.09. The van der Waals surface area contributed by atoms with Crippen molar-refractivity contribution in [3.8, 4) is 0 Å². The van der Waals surface area contributed by atoms with Gasteiger partial charge in [-0.1, -0.05) is 0 Å². The summed E-state index contributed by atoms with van der Waals surface area (Å²) in [6.07, 6.45) is 3.99. The first-order valence-electron chi connectivity index (χ1n) is 8.95. The molecule has 1 fully saturated rings. The Morgan fingerprint density at radius 2 is 1.13 bits per heavy atom. The third-order valence-electron chi connectivity index (χ3n) is 4.09. The van der Waals surface area contributed by atoms with Crippen LogP contribution in [0.5, 0.6) is 0 Å². The molecule has 3 heterocycles. The molecule has 0 radical (unpaired) electrons. The van der Waals surface area contributed by atoms with Gasteiger partial charge in [0.15, 0.2) is 0 Å². The highest BCUT2D eigenvalue weighted by molar-refractivity contribution is 6.13. The average molecular weight is 435 g/mol. The smallest absolute Gasteiger partial charge is 0.335 e. The van der Waals surface area contributed by atoms with Crippen molar-refractivity contribution in [3.05, 3.63) is 24.3 Å². The lowest BCUT2D eigenvalue weighted by Gasteiger charge is -2.15. The molecule has 0 bridgehead atoms. The van der Waals surface area contributed by atoms with Gasteiger partial charge < -0.3 is 9.94 Å². The number of carbonyl (C=O) groups excluding carboxylic acids is 7. The second-order valence-electron chi connectivity index (χ2n) is 6.26. The number of rotatable bonds is 7. The lowest BCUT2D eigenvalue weighted by molar-refractivity contribution is -0.197. The number of carbonyl (C=O) groups is 8. The number of hydrogen-bond acceptors (Lipinski definition) is 9. The monoisotopic (exact) mass is 435 g/mol. The predicted molar refractivity (Wildman–Crippen MR) is 95.8 cm³/mol. The quantitative estimate of drug-likeness (QED) is 0.453. The van der Waals surface area contributed by atoms with Crippen LogP contribution in [0.3, 0.4) is 0 Å². The van der Waals surface area contributed by atoms with Gasteiger partial charge in [-0.25, -0.2) is 4.79 Å². The first kappa shape index (κ1) is 23.1. The Morgan fingerprint density at radius 3 is 1.52 bits per heavy atom. The van der Waals surface area contributed by atoms with Crippen LogP contribution < -0.4 is 0 Å². The van der Waals surface area contributed by atoms with Crippen LogP contribution in [0.2, 0.25) is 0 Å². The highest BCUT2D eigenvalue weighted by Gasteiger charge is 2.33. The van der Waals surface area contributed by atoms with Crippen LogP contribution in [0.15, 0.2) is 24.3 Å². The van der Waals surface area contributed by atoms with Crippen LogP contribution in [0.25, 0.3) is 0 Å². The van der Waals surface area contributed by atoms with E-state index in [-0.39, 0.29) is 38.8 Å². The summed E-state index contributed by atoms with van der Waals surface area (Å²) in [4.78, 5) is 94.3. The summed E-state index contributed by atoms with van der Waals surface area (Å²) in [7, 11) is 0. The number of carboxylic acids is 1. The van der Waals surface area contributed by atoms with Crippen molar-refractivity contribution in [2.45, 2.75) is 25.7 Å². The molecule has 0 spiro atoms. The van der Waals surface area contributed by atoms with Crippen molar-refractivity contribution in [2.24, 2.45) is 0 Å². The molecule has 1 N–H and O–H groups in total. The van der Waals surface area contributed by atoms with Crippen molar-refractivity contribution in [2.75, 3.05) is 13.1 Å². The molecular formula is C18H17N3O10. The number of hydroxylamine groups is 2. The fraction of sp³-hybridized carbons (Fsp3) is 0.333. The Hall–Kier alpha value is -4.16. The van der Waals surface area contributed by atoms with Crippen molar-refractivity contribution in [1.29, 1.82) is 0 Å². The highest BCUT2D eigenvalue weighted by Crippen LogP contribution is 2.13. The molecule has 1 saturated heterocycles. The summed E-state index contributed by atoms with van der Waals surface area (Å²) in [5, 5.41) is 8.70. The van der Waals surface area contributed by atoms with E-state index in [0.717, 1.165) is 34.1 Å². The van der Waals surface area contributed by atoms with Crippen LogP contribution in [0.4, 0.5) is 0 Å². The molecule has 3 aliphatic rings. The number of aliphatic carboxylic acids is 1. The van der Waals surface area contributed by atoms with Crippen LogP contribution in [0.1, 0.15) is 25.7 Å². The minimum Gasteiger partial charge on any atom is -0.481 e. The normalized spacial score (nSPS) is 17.6. The van der Waals surface area contributed by atoms with Crippen LogP contribution in [-0.4, -0.2) is 80.4 Å². The van der Waals surface area contributed by atoms with Gasteiger partial charge in [0.1, 0.15) is 0 Å². The SMILES string of the molecule is O=C(CCN1C(=O)C=CC1=O)ON1C(=O)CCC1=O.O=C(O)CCN1C(=O)C=CC1=O. The maximum absolute atomic E-state index is 11.4. The van der Waals surface area contributed by atoms with E-state index in [1.54, 1.807) is 0 Å². The van der Waals surface area contributed by atoms with Gasteiger partial charge >= 0.3 is 11.9 Å². The van der Waals surface area contributed by atoms with Crippen LogP contribution in [-0.2, 0) is 43.2 Å². The van der Waals surface area contributed by atoms with Gasteiger partial charge in [0, 0.05) is 50.2 Å². The standard InChI is InChI=1S/C11H10N2O6.C7H7NO4/c14-7-1-2-8(15)12(7)6-5-11(18)19-13-9(16)3-4-10(13)17;9-5-1-2-6(10)8(5)4-3-7(11)12/h1-2H,3-6H2;1-2H,3-4H2,(H,11,12). The zero-order valence-corrected chi connectivity index (χ0v) is 16.0. The van der Waals surface area contributed by atoms with E-state index in [4.69, 9.17) is 5.11 Å². The number of hydrogen-bond donors (Lipinski definition) is 1. The molecule has 0 unspecified atom stereocenters. The van der Waals surface area contributed by atoms with Gasteiger partial charge in [-0.05, 0) is 0 Å². The first-order valence-corrected chi connectivity index (χ1v) is 8.95. The maximum Gasteiger partial charge on any atom is 0.335 e. The average Bonchev–Trinajstić information content (AvgIpc) is 3.32. The Balaban J connectivity index is 0.000000245. The number of amides is 6. The summed E-state index contributed by atoms with van der Waals surface area (Å²) in [5.41, 5.74) is 0. The van der Waals surface area contributed by atoms with Gasteiger partial charge in [-0.2, -0.15) is 0 Å². The lowest BCUT2D eigenvalue weighted by Crippen LogP contribution is -2.35. The zero-order valence-electron chi connectivity index (χ0n) is 16.0. The molecule has 0 aliphatic carbocycles. The van der Waals surface area contributed by atoms with Crippen molar-refractivity contribution in [1.82, 2.24) is 14.9 Å². The Labute approximate surface area is 174 Å². The van der Waals surface area contributed by atoms with E-state index in [9.17, 15) is 38.4 Å². The number of imide groups is 3. The molecule has 3 aliphatic heterocycles. The molecule has 164 valence electrons. The maximum atomic E-state index is 11.4. The second kappa shape index (κ2) is 10.0.